The maximum absolute atomic E-state index is 11.9. The first-order valence-electron chi connectivity index (χ1n) is 9.10. The minimum atomic E-state index is -0.0543. The molecule has 0 fully saturated rings. The summed E-state index contributed by atoms with van der Waals surface area (Å²) in [6.45, 7) is 3.89. The number of carbonyl (C=O) groups is 1. The van der Waals surface area contributed by atoms with Crippen LogP contribution in [0.3, 0.4) is 0 Å². The van der Waals surface area contributed by atoms with E-state index in [9.17, 15) is 4.79 Å². The number of benzene rings is 2. The van der Waals surface area contributed by atoms with Gasteiger partial charge in [0.05, 0.1) is 7.11 Å². The summed E-state index contributed by atoms with van der Waals surface area (Å²) >= 11 is 0. The number of guanidine groups is 1. The molecule has 1 amide bonds. The van der Waals surface area contributed by atoms with Crippen molar-refractivity contribution in [3.05, 3.63) is 65.2 Å². The molecule has 2 aromatic carbocycles. The fraction of sp³-hybridized carbons (Fsp3) is 0.333. The highest BCUT2D eigenvalue weighted by atomic mass is 127. The summed E-state index contributed by atoms with van der Waals surface area (Å²) in [5.41, 5.74) is 2.92. The lowest BCUT2D eigenvalue weighted by molar-refractivity contribution is 0.0955. The lowest BCUT2D eigenvalue weighted by atomic mass is 10.1. The number of nitrogens with one attached hydrogen (secondary N) is 3. The van der Waals surface area contributed by atoms with Crippen molar-refractivity contribution in [3.63, 3.8) is 0 Å². The molecular formula is C21H29IN4O2. The maximum Gasteiger partial charge on any atom is 0.251 e. The Labute approximate surface area is 184 Å². The second-order valence-corrected chi connectivity index (χ2v) is 6.01. The molecule has 0 aliphatic rings. The van der Waals surface area contributed by atoms with Crippen LogP contribution in [0, 0.1) is 0 Å². The molecule has 2 aromatic rings. The Kier molecular flexibility index (Phi) is 11.0. The van der Waals surface area contributed by atoms with E-state index in [0.717, 1.165) is 30.2 Å². The van der Waals surface area contributed by atoms with Crippen LogP contribution < -0.4 is 20.7 Å². The smallest absolute Gasteiger partial charge is 0.251 e. The molecule has 0 saturated heterocycles. The normalized spacial score (nSPS) is 10.6. The van der Waals surface area contributed by atoms with Crippen LogP contribution in [0.4, 0.5) is 0 Å². The van der Waals surface area contributed by atoms with E-state index < -0.39 is 0 Å². The Morgan fingerprint density at radius 2 is 1.79 bits per heavy atom. The molecule has 2 rings (SSSR count). The van der Waals surface area contributed by atoms with Crippen molar-refractivity contribution in [2.24, 2.45) is 4.99 Å². The molecule has 0 aliphatic heterocycles. The molecule has 0 aromatic heterocycles. The number of halogens is 1. The SMILES string of the molecule is CCNC(=O)c1cccc(CNC(=NC)NCCc2ccc(OC)cc2)c1.I. The van der Waals surface area contributed by atoms with Gasteiger partial charge in [0.1, 0.15) is 5.75 Å². The highest BCUT2D eigenvalue weighted by Crippen LogP contribution is 2.11. The molecule has 0 saturated carbocycles. The monoisotopic (exact) mass is 496 g/mol. The van der Waals surface area contributed by atoms with Gasteiger partial charge in [0.15, 0.2) is 5.96 Å². The van der Waals surface area contributed by atoms with E-state index in [0.29, 0.717) is 18.7 Å². The summed E-state index contributed by atoms with van der Waals surface area (Å²) in [7, 11) is 3.41. The van der Waals surface area contributed by atoms with E-state index in [1.54, 1.807) is 14.2 Å². The lowest BCUT2D eigenvalue weighted by Gasteiger charge is -2.13. The quantitative estimate of drug-likeness (QED) is 0.299. The van der Waals surface area contributed by atoms with Gasteiger partial charge in [-0.25, -0.2) is 0 Å². The van der Waals surface area contributed by atoms with Crippen LogP contribution in [-0.4, -0.2) is 39.1 Å². The van der Waals surface area contributed by atoms with Gasteiger partial charge in [0.25, 0.3) is 5.91 Å². The Morgan fingerprint density at radius 3 is 2.43 bits per heavy atom. The molecular weight excluding hydrogens is 467 g/mol. The van der Waals surface area contributed by atoms with Crippen molar-refractivity contribution in [3.8, 4) is 5.75 Å². The highest BCUT2D eigenvalue weighted by Gasteiger charge is 2.05. The number of rotatable bonds is 8. The first-order valence-corrected chi connectivity index (χ1v) is 9.10. The van der Waals surface area contributed by atoms with Crippen LogP contribution in [0.5, 0.6) is 5.75 Å². The van der Waals surface area contributed by atoms with Crippen molar-refractivity contribution in [1.82, 2.24) is 16.0 Å². The van der Waals surface area contributed by atoms with E-state index in [1.165, 1.54) is 5.56 Å². The lowest BCUT2D eigenvalue weighted by Crippen LogP contribution is -2.37. The zero-order valence-electron chi connectivity index (χ0n) is 16.6. The summed E-state index contributed by atoms with van der Waals surface area (Å²) in [6, 6.07) is 15.6. The number of nitrogens with zero attached hydrogens (tertiary/aromatic N) is 1. The Bertz CT molecular complexity index is 763. The second kappa shape index (κ2) is 13.0. The number of methoxy groups -OCH3 is 1. The Morgan fingerprint density at radius 1 is 1.04 bits per heavy atom. The zero-order valence-corrected chi connectivity index (χ0v) is 18.9. The van der Waals surface area contributed by atoms with Crippen LogP contribution >= 0.6 is 24.0 Å². The van der Waals surface area contributed by atoms with E-state index in [1.807, 2.05) is 43.3 Å². The van der Waals surface area contributed by atoms with Gasteiger partial charge in [0.2, 0.25) is 0 Å². The molecule has 6 nitrogen and oxygen atoms in total. The number of hydrogen-bond acceptors (Lipinski definition) is 3. The standard InChI is InChI=1S/C21H28N4O2.HI/c1-4-23-20(26)18-7-5-6-17(14-18)15-25-21(22-2)24-13-12-16-8-10-19(27-3)11-9-16;/h5-11,14H,4,12-13,15H2,1-3H3,(H,23,26)(H2,22,24,25);1H. The average Bonchev–Trinajstić information content (AvgIpc) is 2.71. The van der Waals surface area contributed by atoms with E-state index >= 15 is 0 Å². The van der Waals surface area contributed by atoms with Crippen molar-refractivity contribution in [2.75, 3.05) is 27.2 Å². The number of hydrogen-bond donors (Lipinski definition) is 3. The Hall–Kier alpha value is -2.29. The summed E-state index contributed by atoms with van der Waals surface area (Å²) in [5, 5.41) is 9.39. The minimum absolute atomic E-state index is 0. The first kappa shape index (κ1) is 23.7. The van der Waals surface area contributed by atoms with Crippen molar-refractivity contribution >= 4 is 35.8 Å². The first-order chi connectivity index (χ1) is 13.2. The van der Waals surface area contributed by atoms with Crippen molar-refractivity contribution in [2.45, 2.75) is 19.9 Å². The van der Waals surface area contributed by atoms with Crippen LogP contribution in [0.15, 0.2) is 53.5 Å². The largest absolute Gasteiger partial charge is 0.497 e. The maximum atomic E-state index is 11.9. The second-order valence-electron chi connectivity index (χ2n) is 6.01. The van der Waals surface area contributed by atoms with Crippen LogP contribution in [0.1, 0.15) is 28.4 Å². The summed E-state index contributed by atoms with van der Waals surface area (Å²) in [4.78, 5) is 16.2. The molecule has 0 spiro atoms. The Balaban J connectivity index is 0.00000392. The summed E-state index contributed by atoms with van der Waals surface area (Å²) in [5.74, 6) is 1.53. The topological polar surface area (TPSA) is 74.8 Å². The highest BCUT2D eigenvalue weighted by molar-refractivity contribution is 14.0. The van der Waals surface area contributed by atoms with Crippen molar-refractivity contribution in [1.29, 1.82) is 0 Å². The number of amides is 1. The molecule has 7 heteroatoms. The van der Waals surface area contributed by atoms with Gasteiger partial charge in [-0.15, -0.1) is 24.0 Å². The fourth-order valence-corrected chi connectivity index (χ4v) is 2.61. The third kappa shape index (κ3) is 7.75. The van der Waals surface area contributed by atoms with Gasteiger partial charge < -0.3 is 20.7 Å². The van der Waals surface area contributed by atoms with Gasteiger partial charge in [-0.05, 0) is 48.7 Å². The van der Waals surface area contributed by atoms with Crippen LogP contribution in [0.25, 0.3) is 0 Å². The molecule has 0 aliphatic carbocycles. The molecule has 28 heavy (non-hydrogen) atoms. The van der Waals surface area contributed by atoms with E-state index in [2.05, 4.69) is 33.1 Å². The average molecular weight is 496 g/mol. The van der Waals surface area contributed by atoms with Gasteiger partial charge >= 0.3 is 0 Å². The molecule has 0 unspecified atom stereocenters. The molecule has 0 bridgehead atoms. The molecule has 0 atom stereocenters. The minimum Gasteiger partial charge on any atom is -0.497 e. The third-order valence-electron chi connectivity index (χ3n) is 4.08. The van der Waals surface area contributed by atoms with Gasteiger partial charge in [-0.3, -0.25) is 9.79 Å². The molecule has 0 radical (unpaired) electrons. The number of ether oxygens (including phenoxy) is 1. The predicted molar refractivity (Wildman–Crippen MR) is 125 cm³/mol. The van der Waals surface area contributed by atoms with E-state index in [-0.39, 0.29) is 29.9 Å². The predicted octanol–water partition coefficient (Wildman–Crippen LogP) is 2.97. The van der Waals surface area contributed by atoms with Crippen LogP contribution in [0.2, 0.25) is 0 Å². The van der Waals surface area contributed by atoms with E-state index in [4.69, 9.17) is 4.74 Å². The van der Waals surface area contributed by atoms with Gasteiger partial charge in [-0.1, -0.05) is 24.3 Å². The third-order valence-corrected chi connectivity index (χ3v) is 4.08. The molecule has 0 heterocycles. The number of carbonyl (C=O) groups excluding carboxylic acids is 1. The number of aliphatic imine (C=N–C) groups is 1. The molecule has 3 N–H and O–H groups in total. The molecule has 152 valence electrons. The summed E-state index contributed by atoms with van der Waals surface area (Å²) < 4.78 is 5.17. The van der Waals surface area contributed by atoms with Crippen molar-refractivity contribution < 1.29 is 9.53 Å². The van der Waals surface area contributed by atoms with Gasteiger partial charge in [0, 0.05) is 32.2 Å². The zero-order chi connectivity index (χ0) is 19.5. The van der Waals surface area contributed by atoms with Gasteiger partial charge in [-0.2, -0.15) is 0 Å². The summed E-state index contributed by atoms with van der Waals surface area (Å²) in [6.07, 6.45) is 0.886. The van der Waals surface area contributed by atoms with Crippen LogP contribution in [-0.2, 0) is 13.0 Å². The fourth-order valence-electron chi connectivity index (χ4n) is 2.61.